The lowest BCUT2D eigenvalue weighted by atomic mass is 9.44. The molecule has 5 nitrogen and oxygen atoms in total. The summed E-state index contributed by atoms with van der Waals surface area (Å²) in [5, 5.41) is 25.4. The van der Waals surface area contributed by atoms with Crippen molar-refractivity contribution in [3.05, 3.63) is 23.0 Å². The largest absolute Gasteiger partial charge is 0.412 e. The highest BCUT2D eigenvalue weighted by Crippen LogP contribution is 2.68. The van der Waals surface area contributed by atoms with Crippen LogP contribution < -0.4 is 0 Å². The van der Waals surface area contributed by atoms with Crippen molar-refractivity contribution in [1.29, 1.82) is 0 Å². The Morgan fingerprint density at radius 2 is 1.96 bits per heavy atom. The third kappa shape index (κ3) is 2.06. The maximum Gasteiger partial charge on any atom is 0.161 e. The molecule has 3 fully saturated rings. The number of hydrogen-bond acceptors (Lipinski definition) is 4. The average molecular weight is 385 g/mol. The van der Waals surface area contributed by atoms with E-state index < -0.39 is 5.60 Å². The first-order valence-electron chi connectivity index (χ1n) is 10.8. The molecule has 1 aromatic heterocycles. The molecule has 1 aromatic rings. The summed E-state index contributed by atoms with van der Waals surface area (Å²) in [6, 6.07) is 0. The van der Waals surface area contributed by atoms with Gasteiger partial charge in [0, 0.05) is 11.0 Å². The first-order valence-corrected chi connectivity index (χ1v) is 10.8. The summed E-state index contributed by atoms with van der Waals surface area (Å²) in [6.07, 6.45) is 9.54. The van der Waals surface area contributed by atoms with Gasteiger partial charge in [-0.05, 0) is 80.6 Å². The van der Waals surface area contributed by atoms with Gasteiger partial charge in [-0.2, -0.15) is 0 Å². The lowest BCUT2D eigenvalue weighted by molar-refractivity contribution is -0.160. The van der Waals surface area contributed by atoms with Gasteiger partial charge in [0.15, 0.2) is 5.78 Å². The molecule has 28 heavy (non-hydrogen) atoms. The van der Waals surface area contributed by atoms with Gasteiger partial charge in [-0.3, -0.25) is 4.79 Å². The number of carbonyl (C=O) groups excluding carboxylic acids is 1. The number of ketones is 1. The zero-order valence-corrected chi connectivity index (χ0v) is 17.4. The Bertz CT molecular complexity index is 888. The van der Waals surface area contributed by atoms with Crippen LogP contribution in [0.25, 0.3) is 6.08 Å². The van der Waals surface area contributed by atoms with Crippen molar-refractivity contribution in [1.82, 2.24) is 9.94 Å². The minimum atomic E-state index is -1.15. The van der Waals surface area contributed by atoms with Crippen molar-refractivity contribution in [2.45, 2.75) is 71.8 Å². The standard InChI is InChI=1S/C23H32N2O3/c1-13-9-16-17(5-7-22(4)18(16)6-8-23(22,27)14(2)26)21(3)11-15-12-25(28)24-20(15)10-19(13)21/h10,12-13,16-18,27-28H,5-9,11H2,1-4H3/t13-,16+,17-,18-,21+,22-,23-/m0/s1. The second-order valence-electron chi connectivity index (χ2n) is 10.6. The van der Waals surface area contributed by atoms with E-state index in [1.165, 1.54) is 5.57 Å². The number of allylic oxidation sites excluding steroid dienone is 1. The number of aliphatic hydroxyl groups is 1. The summed E-state index contributed by atoms with van der Waals surface area (Å²) in [5.41, 5.74) is 2.13. The van der Waals surface area contributed by atoms with E-state index in [0.717, 1.165) is 48.2 Å². The molecular formula is C23H32N2O3. The molecule has 1 heterocycles. The van der Waals surface area contributed by atoms with E-state index in [-0.39, 0.29) is 16.6 Å². The Balaban J connectivity index is 1.55. The molecule has 7 atom stereocenters. The predicted molar refractivity (Wildman–Crippen MR) is 106 cm³/mol. The molecule has 0 unspecified atom stereocenters. The van der Waals surface area contributed by atoms with E-state index in [4.69, 9.17) is 0 Å². The molecule has 0 saturated heterocycles. The summed E-state index contributed by atoms with van der Waals surface area (Å²) in [4.78, 5) is 13.3. The Morgan fingerprint density at radius 3 is 2.68 bits per heavy atom. The van der Waals surface area contributed by atoms with Gasteiger partial charge in [-0.1, -0.05) is 26.3 Å². The average Bonchev–Trinajstić information content (AvgIpc) is 3.10. The quantitative estimate of drug-likeness (QED) is 0.721. The summed E-state index contributed by atoms with van der Waals surface area (Å²) in [6.45, 7) is 8.47. The molecule has 0 bridgehead atoms. The molecule has 4 aliphatic carbocycles. The van der Waals surface area contributed by atoms with Gasteiger partial charge in [0.1, 0.15) is 5.60 Å². The van der Waals surface area contributed by atoms with E-state index in [1.54, 1.807) is 13.1 Å². The molecule has 0 spiro atoms. The molecule has 0 amide bonds. The molecule has 5 rings (SSSR count). The molecule has 4 aliphatic rings. The monoisotopic (exact) mass is 384 g/mol. The highest BCUT2D eigenvalue weighted by Gasteiger charge is 2.66. The summed E-state index contributed by atoms with van der Waals surface area (Å²) in [7, 11) is 0. The number of hydrogen-bond donors (Lipinski definition) is 2. The Hall–Kier alpha value is -1.62. The van der Waals surface area contributed by atoms with Crippen molar-refractivity contribution >= 4 is 11.9 Å². The fraction of sp³-hybridized carbons (Fsp3) is 0.739. The van der Waals surface area contributed by atoms with E-state index >= 15 is 0 Å². The van der Waals surface area contributed by atoms with Crippen LogP contribution in [0.15, 0.2) is 11.8 Å². The minimum absolute atomic E-state index is 0.0516. The summed E-state index contributed by atoms with van der Waals surface area (Å²) < 4.78 is 0. The maximum atomic E-state index is 12.4. The van der Waals surface area contributed by atoms with Gasteiger partial charge in [-0.25, -0.2) is 0 Å². The highest BCUT2D eigenvalue weighted by atomic mass is 16.5. The number of rotatable bonds is 1. The summed E-state index contributed by atoms with van der Waals surface area (Å²) in [5.74, 6) is 1.90. The lowest BCUT2D eigenvalue weighted by Gasteiger charge is -2.60. The Kier molecular flexibility index (Phi) is 3.62. The number of carbonyl (C=O) groups is 1. The Labute approximate surface area is 166 Å². The molecular weight excluding hydrogens is 352 g/mol. The van der Waals surface area contributed by atoms with Gasteiger partial charge in [0.25, 0.3) is 0 Å². The molecule has 0 aliphatic heterocycles. The highest BCUT2D eigenvalue weighted by molar-refractivity contribution is 5.86. The van der Waals surface area contributed by atoms with Gasteiger partial charge in [-0.15, -0.1) is 9.94 Å². The van der Waals surface area contributed by atoms with Gasteiger partial charge >= 0.3 is 0 Å². The van der Waals surface area contributed by atoms with Crippen molar-refractivity contribution in [2.24, 2.45) is 34.5 Å². The third-order valence-corrected chi connectivity index (χ3v) is 9.47. The van der Waals surface area contributed by atoms with Crippen molar-refractivity contribution in [3.8, 4) is 0 Å². The van der Waals surface area contributed by atoms with Crippen LogP contribution in [0.3, 0.4) is 0 Å². The number of aromatic nitrogens is 2. The van der Waals surface area contributed by atoms with Crippen LogP contribution in [0.4, 0.5) is 0 Å². The smallest absolute Gasteiger partial charge is 0.161 e. The van der Waals surface area contributed by atoms with Crippen LogP contribution in [0.1, 0.15) is 71.1 Å². The first kappa shape index (κ1) is 18.4. The van der Waals surface area contributed by atoms with Crippen LogP contribution in [-0.2, 0) is 11.2 Å². The lowest BCUT2D eigenvalue weighted by Crippen LogP contribution is -2.58. The minimum Gasteiger partial charge on any atom is -0.412 e. The zero-order chi connectivity index (χ0) is 20.1. The summed E-state index contributed by atoms with van der Waals surface area (Å²) >= 11 is 0. The second kappa shape index (κ2) is 5.50. The molecule has 0 aromatic carbocycles. The van der Waals surface area contributed by atoms with Crippen LogP contribution in [0, 0.1) is 34.5 Å². The normalized spacial score (nSPS) is 46.8. The molecule has 152 valence electrons. The van der Waals surface area contributed by atoms with E-state index in [9.17, 15) is 15.1 Å². The molecule has 5 heteroatoms. The van der Waals surface area contributed by atoms with Crippen molar-refractivity contribution < 1.29 is 15.1 Å². The zero-order valence-electron chi connectivity index (χ0n) is 17.4. The van der Waals surface area contributed by atoms with Gasteiger partial charge in [0.2, 0.25) is 0 Å². The van der Waals surface area contributed by atoms with Crippen LogP contribution in [0.5, 0.6) is 0 Å². The van der Waals surface area contributed by atoms with Gasteiger partial charge in [0.05, 0.1) is 11.9 Å². The predicted octanol–water partition coefficient (Wildman–Crippen LogP) is 3.87. The van der Waals surface area contributed by atoms with Gasteiger partial charge < -0.3 is 10.3 Å². The number of nitrogens with zero attached hydrogens (tertiary/aromatic N) is 2. The number of Topliss-reactive ketones (excluding diaryl/α,β-unsaturated/α-hetero) is 1. The first-order chi connectivity index (χ1) is 13.1. The molecule has 3 saturated carbocycles. The SMILES string of the molecule is CC(=O)[C@@]1(O)CC[C@H]2[C@@H]3C[C@H](C)C4=Cc5nn(O)cc5C[C@]4(C)[C@H]3CC[C@@]21C. The maximum absolute atomic E-state index is 12.4. The van der Waals surface area contributed by atoms with E-state index in [2.05, 4.69) is 31.9 Å². The molecule has 0 radical (unpaired) electrons. The number of fused-ring (bicyclic) bond motifs is 6. The van der Waals surface area contributed by atoms with Crippen LogP contribution >= 0.6 is 0 Å². The molecule has 2 N–H and O–H groups in total. The van der Waals surface area contributed by atoms with E-state index in [0.29, 0.717) is 30.1 Å². The van der Waals surface area contributed by atoms with Crippen molar-refractivity contribution in [3.63, 3.8) is 0 Å². The fourth-order valence-electron chi connectivity index (χ4n) is 8.06. The van der Waals surface area contributed by atoms with Crippen LogP contribution in [0.2, 0.25) is 0 Å². The fourth-order valence-corrected chi connectivity index (χ4v) is 8.06. The van der Waals surface area contributed by atoms with Crippen molar-refractivity contribution in [2.75, 3.05) is 0 Å². The second-order valence-corrected chi connectivity index (χ2v) is 10.6. The van der Waals surface area contributed by atoms with E-state index in [1.807, 2.05) is 0 Å². The van der Waals surface area contributed by atoms with Crippen LogP contribution in [-0.4, -0.2) is 31.6 Å². The Morgan fingerprint density at radius 1 is 1.25 bits per heavy atom. The topological polar surface area (TPSA) is 75.3 Å². The third-order valence-electron chi connectivity index (χ3n) is 9.47.